The van der Waals surface area contributed by atoms with E-state index < -0.39 is 0 Å². The minimum atomic E-state index is -0.312. The number of pyridine rings is 2. The SMILES string of the molecule is Cn1ccc(=O)c2cc3cc(F)c(N4CCN(Cc5ccc(F)cc5)CC4)cc3nc21. The molecule has 0 unspecified atom stereocenters. The molecular formula is C24H22F2N4O. The van der Waals surface area contributed by atoms with Crippen molar-refractivity contribution >= 4 is 27.6 Å². The topological polar surface area (TPSA) is 41.4 Å². The number of benzene rings is 2. The van der Waals surface area contributed by atoms with Crippen molar-refractivity contribution in [3.05, 3.63) is 82.1 Å². The summed E-state index contributed by atoms with van der Waals surface area (Å²) in [5.41, 5.74) is 2.72. The van der Waals surface area contributed by atoms with Crippen molar-refractivity contribution in [2.75, 3.05) is 31.1 Å². The van der Waals surface area contributed by atoms with Crippen molar-refractivity contribution in [3.8, 4) is 0 Å². The number of anilines is 1. The quantitative estimate of drug-likeness (QED) is 0.474. The fourth-order valence-electron chi connectivity index (χ4n) is 4.20. The molecule has 5 nitrogen and oxygen atoms in total. The zero-order chi connectivity index (χ0) is 21.5. The number of hydrogen-bond donors (Lipinski definition) is 0. The van der Waals surface area contributed by atoms with Crippen molar-refractivity contribution in [3.63, 3.8) is 0 Å². The van der Waals surface area contributed by atoms with Gasteiger partial charge in [0.2, 0.25) is 0 Å². The van der Waals surface area contributed by atoms with Gasteiger partial charge in [0.05, 0.1) is 16.6 Å². The van der Waals surface area contributed by atoms with E-state index in [0.717, 1.165) is 25.2 Å². The number of aryl methyl sites for hydroxylation is 1. The molecule has 0 saturated carbocycles. The lowest BCUT2D eigenvalue weighted by atomic mass is 10.1. The van der Waals surface area contributed by atoms with Crippen LogP contribution in [0.15, 0.2) is 59.5 Å². The highest BCUT2D eigenvalue weighted by Crippen LogP contribution is 2.28. The summed E-state index contributed by atoms with van der Waals surface area (Å²) in [4.78, 5) is 21.1. The van der Waals surface area contributed by atoms with E-state index in [1.807, 2.05) is 11.9 Å². The number of aromatic nitrogens is 2. The fourth-order valence-corrected chi connectivity index (χ4v) is 4.20. The summed E-state index contributed by atoms with van der Waals surface area (Å²) in [6.45, 7) is 3.70. The monoisotopic (exact) mass is 420 g/mol. The van der Waals surface area contributed by atoms with Crippen molar-refractivity contribution in [2.24, 2.45) is 7.05 Å². The lowest BCUT2D eigenvalue weighted by molar-refractivity contribution is 0.249. The van der Waals surface area contributed by atoms with E-state index in [9.17, 15) is 13.6 Å². The van der Waals surface area contributed by atoms with Crippen LogP contribution < -0.4 is 10.3 Å². The minimum absolute atomic E-state index is 0.121. The van der Waals surface area contributed by atoms with Gasteiger partial charge in [-0.05, 0) is 35.9 Å². The minimum Gasteiger partial charge on any atom is -0.367 e. The summed E-state index contributed by atoms with van der Waals surface area (Å²) in [6, 6.07) is 13.0. The molecule has 2 aromatic heterocycles. The first-order valence-corrected chi connectivity index (χ1v) is 10.3. The first kappa shape index (κ1) is 19.6. The fraction of sp³-hybridized carbons (Fsp3) is 0.250. The molecular weight excluding hydrogens is 398 g/mol. The van der Waals surface area contributed by atoms with E-state index in [4.69, 9.17) is 0 Å². The Morgan fingerprint density at radius 2 is 1.71 bits per heavy atom. The van der Waals surface area contributed by atoms with Crippen LogP contribution in [-0.4, -0.2) is 40.6 Å². The van der Waals surface area contributed by atoms with Gasteiger partial charge in [0, 0.05) is 57.4 Å². The molecule has 4 aromatic rings. The van der Waals surface area contributed by atoms with Gasteiger partial charge >= 0.3 is 0 Å². The standard InChI is InChI=1S/C24H22F2N4O/c1-28-7-6-23(31)19-12-17-13-20(26)22(14-21(17)27-24(19)28)30-10-8-29(9-11-30)15-16-2-4-18(25)5-3-16/h2-7,12-14H,8-11,15H2,1H3. The van der Waals surface area contributed by atoms with Gasteiger partial charge in [-0.15, -0.1) is 0 Å². The van der Waals surface area contributed by atoms with Crippen LogP contribution in [0, 0.1) is 11.6 Å². The highest BCUT2D eigenvalue weighted by Gasteiger charge is 2.21. The lowest BCUT2D eigenvalue weighted by Crippen LogP contribution is -2.46. The molecule has 1 aliphatic heterocycles. The highest BCUT2D eigenvalue weighted by atomic mass is 19.1. The third-order valence-corrected chi connectivity index (χ3v) is 5.94. The number of piperazine rings is 1. The zero-order valence-corrected chi connectivity index (χ0v) is 17.2. The van der Waals surface area contributed by atoms with Crippen molar-refractivity contribution in [1.82, 2.24) is 14.5 Å². The van der Waals surface area contributed by atoms with Crippen molar-refractivity contribution < 1.29 is 8.78 Å². The van der Waals surface area contributed by atoms with Gasteiger partial charge in [0.25, 0.3) is 0 Å². The summed E-state index contributed by atoms with van der Waals surface area (Å²) in [7, 11) is 1.84. The Morgan fingerprint density at radius 1 is 0.968 bits per heavy atom. The molecule has 0 radical (unpaired) electrons. The van der Waals surface area contributed by atoms with E-state index in [1.54, 1.807) is 35.0 Å². The van der Waals surface area contributed by atoms with Crippen LogP contribution >= 0.6 is 0 Å². The van der Waals surface area contributed by atoms with Gasteiger partial charge in [-0.2, -0.15) is 0 Å². The smallest absolute Gasteiger partial charge is 0.191 e. The second-order valence-corrected chi connectivity index (χ2v) is 8.04. The summed E-state index contributed by atoms with van der Waals surface area (Å²) in [6.07, 6.45) is 1.69. The van der Waals surface area contributed by atoms with Gasteiger partial charge in [-0.25, -0.2) is 13.8 Å². The Kier molecular flexibility index (Phi) is 4.90. The maximum absolute atomic E-state index is 15.0. The Bertz CT molecular complexity index is 1330. The van der Waals surface area contributed by atoms with Gasteiger partial charge in [-0.1, -0.05) is 12.1 Å². The largest absolute Gasteiger partial charge is 0.367 e. The van der Waals surface area contributed by atoms with E-state index in [1.165, 1.54) is 24.3 Å². The first-order chi connectivity index (χ1) is 15.0. The van der Waals surface area contributed by atoms with Crippen molar-refractivity contribution in [1.29, 1.82) is 0 Å². The molecule has 0 aliphatic carbocycles. The molecule has 2 aromatic carbocycles. The predicted octanol–water partition coefficient (Wildman–Crippen LogP) is 3.69. The van der Waals surface area contributed by atoms with E-state index in [0.29, 0.717) is 40.7 Å². The molecule has 31 heavy (non-hydrogen) atoms. The van der Waals surface area contributed by atoms with Crippen LogP contribution in [0.2, 0.25) is 0 Å². The predicted molar refractivity (Wildman–Crippen MR) is 118 cm³/mol. The molecule has 0 spiro atoms. The first-order valence-electron chi connectivity index (χ1n) is 10.3. The molecule has 1 fully saturated rings. The molecule has 0 bridgehead atoms. The summed E-state index contributed by atoms with van der Waals surface area (Å²) >= 11 is 0. The van der Waals surface area contributed by atoms with E-state index in [-0.39, 0.29) is 17.1 Å². The average Bonchev–Trinajstić information content (AvgIpc) is 2.77. The van der Waals surface area contributed by atoms with Crippen LogP contribution in [0.5, 0.6) is 0 Å². The van der Waals surface area contributed by atoms with Gasteiger partial charge in [-0.3, -0.25) is 9.69 Å². The molecule has 0 amide bonds. The number of fused-ring (bicyclic) bond motifs is 2. The van der Waals surface area contributed by atoms with Crippen LogP contribution in [-0.2, 0) is 13.6 Å². The molecule has 1 aliphatic rings. The number of nitrogens with zero attached hydrogens (tertiary/aromatic N) is 4. The highest BCUT2D eigenvalue weighted by molar-refractivity contribution is 5.92. The van der Waals surface area contributed by atoms with Gasteiger partial charge in [0.1, 0.15) is 17.3 Å². The average molecular weight is 420 g/mol. The second-order valence-electron chi connectivity index (χ2n) is 8.04. The molecule has 7 heteroatoms. The van der Waals surface area contributed by atoms with Crippen LogP contribution in [0.3, 0.4) is 0 Å². The van der Waals surface area contributed by atoms with Gasteiger partial charge in [0.15, 0.2) is 5.43 Å². The third-order valence-electron chi connectivity index (χ3n) is 5.94. The second kappa shape index (κ2) is 7.74. The lowest BCUT2D eigenvalue weighted by Gasteiger charge is -2.36. The number of hydrogen-bond acceptors (Lipinski definition) is 4. The molecule has 3 heterocycles. The number of halogens is 2. The van der Waals surface area contributed by atoms with E-state index >= 15 is 0 Å². The Labute approximate surface area is 178 Å². The molecule has 0 N–H and O–H groups in total. The van der Waals surface area contributed by atoms with E-state index in [2.05, 4.69) is 9.88 Å². The molecule has 158 valence electrons. The molecule has 1 saturated heterocycles. The molecule has 0 atom stereocenters. The van der Waals surface area contributed by atoms with Crippen LogP contribution in [0.25, 0.3) is 21.9 Å². The number of rotatable bonds is 3. The van der Waals surface area contributed by atoms with Crippen LogP contribution in [0.4, 0.5) is 14.5 Å². The maximum Gasteiger partial charge on any atom is 0.191 e. The van der Waals surface area contributed by atoms with Crippen LogP contribution in [0.1, 0.15) is 5.56 Å². The summed E-state index contributed by atoms with van der Waals surface area (Å²) in [5, 5.41) is 1.10. The Balaban J connectivity index is 1.39. The summed E-state index contributed by atoms with van der Waals surface area (Å²) in [5.74, 6) is -0.546. The third kappa shape index (κ3) is 3.77. The maximum atomic E-state index is 15.0. The Hall–Kier alpha value is -3.32. The molecule has 5 rings (SSSR count). The van der Waals surface area contributed by atoms with Gasteiger partial charge < -0.3 is 9.47 Å². The van der Waals surface area contributed by atoms with Crippen molar-refractivity contribution in [2.45, 2.75) is 6.54 Å². The zero-order valence-electron chi connectivity index (χ0n) is 17.2. The Morgan fingerprint density at radius 3 is 2.45 bits per heavy atom. The summed E-state index contributed by atoms with van der Waals surface area (Å²) < 4.78 is 29.9. The normalized spacial score (nSPS) is 15.1.